The van der Waals surface area contributed by atoms with Crippen molar-refractivity contribution in [2.45, 2.75) is 93.6 Å². The number of halogens is 11. The molecular weight excluding hydrogens is 946 g/mol. The van der Waals surface area contributed by atoms with Crippen molar-refractivity contribution < 1.29 is 58.6 Å². The van der Waals surface area contributed by atoms with Gasteiger partial charge >= 0.3 is 18.5 Å². The van der Waals surface area contributed by atoms with Crippen LogP contribution in [0.2, 0.25) is 5.02 Å². The summed E-state index contributed by atoms with van der Waals surface area (Å²) in [6.45, 7) is 4.98. The topological polar surface area (TPSA) is 67.9 Å². The van der Waals surface area contributed by atoms with Crippen LogP contribution in [0.25, 0.3) is 0 Å². The summed E-state index contributed by atoms with van der Waals surface area (Å²) in [6.07, 6.45) is -3.74. The lowest BCUT2D eigenvalue weighted by Crippen LogP contribution is -2.49. The number of Topliss-reactive ketones (excluding diaryl/α,β-unsaturated/α-hetero) is 2. The van der Waals surface area contributed by atoms with Crippen molar-refractivity contribution >= 4 is 34.8 Å². The fourth-order valence-corrected chi connectivity index (χ4v) is 9.53. The first-order valence-electron chi connectivity index (χ1n) is 22.8. The lowest BCUT2D eigenvalue weighted by molar-refractivity contribution is -0.138. The van der Waals surface area contributed by atoms with Gasteiger partial charge in [0, 0.05) is 29.9 Å². The molecule has 0 aromatic heterocycles. The molecule has 2 saturated heterocycles. The second-order valence-corrected chi connectivity index (χ2v) is 18.8. The highest BCUT2D eigenvalue weighted by molar-refractivity contribution is 6.30. The highest BCUT2D eigenvalue weighted by atomic mass is 35.5. The number of rotatable bonds is 13. The lowest BCUT2D eigenvalue weighted by Gasteiger charge is -2.43. The molecule has 0 amide bonds. The molecule has 68 heavy (non-hydrogen) atoms. The number of hydrogen-bond donors (Lipinski definition) is 1. The molecule has 2 saturated carbocycles. The number of nitrogens with one attached hydrogen (secondary N) is 1. The van der Waals surface area contributed by atoms with E-state index in [1.54, 1.807) is 0 Å². The van der Waals surface area contributed by atoms with E-state index >= 15 is 0 Å². The van der Waals surface area contributed by atoms with Crippen LogP contribution in [-0.4, -0.2) is 68.3 Å². The summed E-state index contributed by atoms with van der Waals surface area (Å²) < 4.78 is 124. The average molecular weight is 1000 g/mol. The van der Waals surface area contributed by atoms with E-state index in [1.807, 2.05) is 24.3 Å². The summed E-state index contributed by atoms with van der Waals surface area (Å²) in [5, 5.41) is 3.94. The molecule has 0 spiro atoms. The van der Waals surface area contributed by atoms with Crippen LogP contribution < -0.4 is 14.8 Å². The minimum atomic E-state index is -4.35. The normalized spacial score (nSPS) is 20.2. The Morgan fingerprint density at radius 3 is 1.43 bits per heavy atom. The smallest absolute Gasteiger partial charge is 0.416 e. The van der Waals surface area contributed by atoms with Crippen LogP contribution in [-0.2, 0) is 38.9 Å². The van der Waals surface area contributed by atoms with E-state index in [0.717, 1.165) is 120 Å². The number of alkyl halides is 10. The van der Waals surface area contributed by atoms with Crippen molar-refractivity contribution in [3.05, 3.63) is 130 Å². The lowest BCUT2D eigenvalue weighted by atomic mass is 9.62. The van der Waals surface area contributed by atoms with Gasteiger partial charge in [0.1, 0.15) is 11.5 Å². The molecule has 17 heteroatoms. The summed E-state index contributed by atoms with van der Waals surface area (Å²) in [4.78, 5) is 27.3. The minimum Gasteiger partial charge on any atom is -0.493 e. The third-order valence-corrected chi connectivity index (χ3v) is 14.0. The first kappa shape index (κ1) is 53.0. The zero-order valence-corrected chi connectivity index (χ0v) is 38.9. The Balaban J connectivity index is 0.000000181. The number of likely N-dealkylation sites (tertiary alicyclic amines) is 1. The summed E-state index contributed by atoms with van der Waals surface area (Å²) >= 11 is 11.6. The third kappa shape index (κ3) is 13.9. The summed E-state index contributed by atoms with van der Waals surface area (Å²) in [5.41, 5.74) is -1.36. The van der Waals surface area contributed by atoms with E-state index in [0.29, 0.717) is 60.6 Å². The third-order valence-electron chi connectivity index (χ3n) is 13.5. The van der Waals surface area contributed by atoms with Crippen LogP contribution in [0.5, 0.6) is 11.5 Å². The quantitative estimate of drug-likeness (QED) is 0.106. The maximum absolute atomic E-state index is 13.3. The van der Waals surface area contributed by atoms with Crippen LogP contribution in [0.15, 0.2) is 97.1 Å². The van der Waals surface area contributed by atoms with E-state index < -0.39 is 46.0 Å². The molecule has 0 unspecified atom stereocenters. The van der Waals surface area contributed by atoms with E-state index in [9.17, 15) is 49.1 Å². The SMILES string of the molecule is FC(F)(F)c1ccc(OC[C@@H]2CCCNC2)cc1.O=C(CCl)C1(c2ccc(C(F)(F)F)cc2)CCC1.O=C(CN1CCC[C@@H](COc2ccc(C(F)(F)F)cc2)C1)C1(c2ccc(Cl)cc2)CCC1. The van der Waals surface area contributed by atoms with Crippen LogP contribution in [0.3, 0.4) is 0 Å². The van der Waals surface area contributed by atoms with Gasteiger partial charge in [-0.25, -0.2) is 0 Å². The number of nitrogens with zero attached hydrogens (tertiary/aromatic N) is 1. The van der Waals surface area contributed by atoms with E-state index in [-0.39, 0.29) is 23.4 Å². The fraction of sp³-hybridized carbons (Fsp3) is 0.490. The maximum atomic E-state index is 13.3. The number of ether oxygens (including phenoxy) is 2. The molecule has 4 aliphatic rings. The Labute approximate surface area is 400 Å². The largest absolute Gasteiger partial charge is 0.493 e. The Hall–Kier alpha value is -4.31. The molecule has 4 aromatic rings. The Bertz CT molecular complexity index is 2220. The van der Waals surface area contributed by atoms with E-state index in [1.165, 1.54) is 36.4 Å². The Kier molecular flexibility index (Phi) is 18.0. The van der Waals surface area contributed by atoms with Crippen LogP contribution >= 0.6 is 23.2 Å². The summed E-state index contributed by atoms with van der Waals surface area (Å²) in [7, 11) is 0. The van der Waals surface area contributed by atoms with Gasteiger partial charge in [0.25, 0.3) is 0 Å². The predicted molar refractivity (Wildman–Crippen MR) is 243 cm³/mol. The van der Waals surface area contributed by atoms with Gasteiger partial charge in [-0.05, 0) is 148 Å². The molecule has 8 rings (SSSR count). The molecule has 370 valence electrons. The second kappa shape index (κ2) is 23.1. The molecule has 1 N–H and O–H groups in total. The minimum absolute atomic E-state index is 0.0962. The number of benzene rings is 4. The highest BCUT2D eigenvalue weighted by Gasteiger charge is 2.46. The molecule has 6 nitrogen and oxygen atoms in total. The highest BCUT2D eigenvalue weighted by Crippen LogP contribution is 2.46. The van der Waals surface area contributed by atoms with Crippen molar-refractivity contribution in [3.8, 4) is 11.5 Å². The molecule has 2 atom stereocenters. The fourth-order valence-electron chi connectivity index (χ4n) is 9.15. The van der Waals surface area contributed by atoms with Crippen molar-refractivity contribution in [2.24, 2.45) is 11.8 Å². The monoisotopic (exact) mass is 1000 g/mol. The number of piperidine rings is 2. The number of ketones is 2. The van der Waals surface area contributed by atoms with Gasteiger partial charge in [0.05, 0.1) is 53.2 Å². The molecule has 4 aromatic carbocycles. The van der Waals surface area contributed by atoms with Gasteiger partial charge in [-0.15, -0.1) is 11.6 Å². The molecule has 0 radical (unpaired) electrons. The van der Waals surface area contributed by atoms with Gasteiger partial charge < -0.3 is 14.8 Å². The van der Waals surface area contributed by atoms with Gasteiger partial charge in [0.2, 0.25) is 0 Å². The van der Waals surface area contributed by atoms with Gasteiger partial charge in [0.15, 0.2) is 11.6 Å². The van der Waals surface area contributed by atoms with Crippen LogP contribution in [0.4, 0.5) is 39.5 Å². The summed E-state index contributed by atoms with van der Waals surface area (Å²) in [5.74, 6) is 1.68. The standard InChI is InChI=1S/C25H27ClF3NO2.C13H12ClF3O.C13H16F3NO/c26-21-8-4-19(5-9-21)24(12-2-13-24)23(31)16-30-14-1-3-18(15-30)17-32-22-10-6-20(7-11-22)25(27,28)29;14-8-11(18)12(6-1-7-12)9-2-4-10(5-3-9)13(15,16)17;14-13(15,16)11-3-5-12(6-4-11)18-9-10-2-1-7-17-8-10/h4-11,18H,1-3,12-17H2;2-5H,1,6-8H2;3-6,10,17H,1-2,7-9H2/t18-;;10-/m1.1/s1. The maximum Gasteiger partial charge on any atom is 0.416 e. The van der Waals surface area contributed by atoms with Crippen molar-refractivity contribution in [3.63, 3.8) is 0 Å². The van der Waals surface area contributed by atoms with Crippen molar-refractivity contribution in [2.75, 3.05) is 51.8 Å². The van der Waals surface area contributed by atoms with Gasteiger partial charge in [-0.2, -0.15) is 39.5 Å². The number of carbonyl (C=O) groups is 2. The van der Waals surface area contributed by atoms with Gasteiger partial charge in [-0.3, -0.25) is 14.5 Å². The summed E-state index contributed by atoms with van der Waals surface area (Å²) in [6, 6.07) is 22.1. The molecule has 2 aliphatic carbocycles. The van der Waals surface area contributed by atoms with Crippen molar-refractivity contribution in [1.29, 1.82) is 0 Å². The molecular formula is C51H55Cl2F9N2O4. The molecule has 0 bridgehead atoms. The number of carbonyl (C=O) groups excluding carboxylic acids is 2. The Morgan fingerprint density at radius 1 is 0.588 bits per heavy atom. The average Bonchev–Trinajstić information content (AvgIpc) is 3.28. The number of hydrogen-bond acceptors (Lipinski definition) is 6. The molecule has 4 fully saturated rings. The first-order chi connectivity index (χ1) is 32.2. The van der Waals surface area contributed by atoms with Crippen LogP contribution in [0, 0.1) is 11.8 Å². The molecule has 2 aliphatic heterocycles. The van der Waals surface area contributed by atoms with Gasteiger partial charge in [-0.1, -0.05) is 48.7 Å². The van der Waals surface area contributed by atoms with E-state index in [2.05, 4.69) is 10.2 Å². The first-order valence-corrected chi connectivity index (χ1v) is 23.7. The van der Waals surface area contributed by atoms with Crippen LogP contribution in [0.1, 0.15) is 92.0 Å². The zero-order valence-electron chi connectivity index (χ0n) is 37.4. The second-order valence-electron chi connectivity index (χ2n) is 18.1. The van der Waals surface area contributed by atoms with Crippen molar-refractivity contribution in [1.82, 2.24) is 10.2 Å². The van der Waals surface area contributed by atoms with E-state index in [4.69, 9.17) is 32.7 Å². The zero-order chi connectivity index (χ0) is 49.2. The predicted octanol–water partition coefficient (Wildman–Crippen LogP) is 13.2. The molecule has 2 heterocycles. The Morgan fingerprint density at radius 2 is 1.01 bits per heavy atom.